The van der Waals surface area contributed by atoms with Crippen LogP contribution in [0.4, 0.5) is 0 Å². The minimum absolute atomic E-state index is 0.0190. The Morgan fingerprint density at radius 2 is 1.79 bits per heavy atom. The largest absolute Gasteiger partial charge is 0.449 e. The van der Waals surface area contributed by atoms with Crippen LogP contribution in [0.1, 0.15) is 41.8 Å². The van der Waals surface area contributed by atoms with Crippen LogP contribution >= 0.6 is 0 Å². The van der Waals surface area contributed by atoms with E-state index in [0.29, 0.717) is 5.89 Å². The monoisotopic (exact) mass is 400 g/mol. The van der Waals surface area contributed by atoms with E-state index in [9.17, 15) is 13.2 Å². The van der Waals surface area contributed by atoms with Gasteiger partial charge in [0.15, 0.2) is 15.9 Å². The second-order valence-corrected chi connectivity index (χ2v) is 8.51. The predicted octanol–water partition coefficient (Wildman–Crippen LogP) is 3.76. The Bertz CT molecular complexity index is 1090. The molecule has 0 aliphatic heterocycles. The molecule has 0 saturated heterocycles. The van der Waals surface area contributed by atoms with Crippen molar-refractivity contribution in [3.8, 4) is 11.5 Å². The first-order valence-corrected chi connectivity index (χ1v) is 10.4. The van der Waals surface area contributed by atoms with Crippen LogP contribution in [0.25, 0.3) is 11.5 Å². The van der Waals surface area contributed by atoms with Crippen LogP contribution in [0.5, 0.6) is 0 Å². The van der Waals surface area contributed by atoms with Gasteiger partial charge in [-0.3, -0.25) is 0 Å². The van der Waals surface area contributed by atoms with Crippen LogP contribution in [0.3, 0.4) is 0 Å². The summed E-state index contributed by atoms with van der Waals surface area (Å²) in [5, 5.41) is 7.92. The van der Waals surface area contributed by atoms with Gasteiger partial charge < -0.3 is 9.15 Å². The van der Waals surface area contributed by atoms with Crippen LogP contribution in [-0.4, -0.2) is 30.3 Å². The molecule has 3 aromatic rings. The number of nitrogens with zero attached hydrogens (tertiary/aromatic N) is 2. The zero-order valence-electron chi connectivity index (χ0n) is 15.7. The van der Waals surface area contributed by atoms with Gasteiger partial charge in [-0.25, -0.2) is 13.2 Å². The molecule has 0 N–H and O–H groups in total. The summed E-state index contributed by atoms with van der Waals surface area (Å²) in [7, 11) is -3.56. The molecule has 28 heavy (non-hydrogen) atoms. The van der Waals surface area contributed by atoms with Crippen molar-refractivity contribution in [2.75, 3.05) is 5.75 Å². The Morgan fingerprint density at radius 1 is 1.11 bits per heavy atom. The first kappa shape index (κ1) is 19.8. The molecule has 0 saturated carbocycles. The molecular formula is C20H20N2O5S. The van der Waals surface area contributed by atoms with Gasteiger partial charge in [-0.15, -0.1) is 10.2 Å². The Balaban J connectivity index is 1.80. The summed E-state index contributed by atoms with van der Waals surface area (Å²) in [5.74, 6) is -0.446. The fourth-order valence-electron chi connectivity index (χ4n) is 2.55. The van der Waals surface area contributed by atoms with Crippen LogP contribution in [0.15, 0.2) is 57.8 Å². The predicted molar refractivity (Wildman–Crippen MR) is 102 cm³/mol. The molecule has 0 aliphatic rings. The van der Waals surface area contributed by atoms with Gasteiger partial charge in [-0.05, 0) is 38.1 Å². The van der Waals surface area contributed by atoms with E-state index < -0.39 is 21.9 Å². The zero-order valence-corrected chi connectivity index (χ0v) is 16.6. The minimum atomic E-state index is -3.56. The summed E-state index contributed by atoms with van der Waals surface area (Å²) >= 11 is 0. The van der Waals surface area contributed by atoms with Crippen molar-refractivity contribution in [1.29, 1.82) is 0 Å². The fourth-order valence-corrected chi connectivity index (χ4v) is 3.63. The average Bonchev–Trinajstić information content (AvgIpc) is 3.19. The molecule has 3 rings (SSSR count). The Hall–Kier alpha value is -3.00. The van der Waals surface area contributed by atoms with Crippen molar-refractivity contribution in [1.82, 2.24) is 10.2 Å². The molecule has 0 fully saturated rings. The third-order valence-corrected chi connectivity index (χ3v) is 5.98. The number of ether oxygens (including phenoxy) is 1. The Labute approximate surface area is 163 Å². The van der Waals surface area contributed by atoms with Gasteiger partial charge in [0.05, 0.1) is 16.2 Å². The summed E-state index contributed by atoms with van der Waals surface area (Å²) < 4.78 is 35.4. The van der Waals surface area contributed by atoms with Crippen molar-refractivity contribution < 1.29 is 22.4 Å². The first-order valence-electron chi connectivity index (χ1n) is 8.75. The quantitative estimate of drug-likeness (QED) is 0.581. The van der Waals surface area contributed by atoms with E-state index in [1.54, 1.807) is 19.1 Å². The van der Waals surface area contributed by atoms with E-state index in [-0.39, 0.29) is 22.1 Å². The molecule has 2 aromatic carbocycles. The third-order valence-electron chi connectivity index (χ3n) is 4.19. The summed E-state index contributed by atoms with van der Waals surface area (Å²) in [4.78, 5) is 12.5. The minimum Gasteiger partial charge on any atom is -0.449 e. The highest BCUT2D eigenvalue weighted by Gasteiger charge is 2.25. The zero-order chi connectivity index (χ0) is 20.3. The number of rotatable bonds is 6. The van der Waals surface area contributed by atoms with E-state index in [2.05, 4.69) is 10.2 Å². The Kier molecular flexibility index (Phi) is 5.60. The van der Waals surface area contributed by atoms with E-state index in [1.807, 2.05) is 31.2 Å². The number of carbonyl (C=O) groups excluding carboxylic acids is 1. The lowest BCUT2D eigenvalue weighted by atomic mass is 10.1. The normalized spacial score (nSPS) is 12.5. The maximum absolute atomic E-state index is 12.5. The van der Waals surface area contributed by atoms with Gasteiger partial charge in [-0.2, -0.15) is 0 Å². The maximum atomic E-state index is 12.5. The molecule has 0 radical (unpaired) electrons. The molecule has 1 atom stereocenters. The van der Waals surface area contributed by atoms with E-state index >= 15 is 0 Å². The van der Waals surface area contributed by atoms with Crippen LogP contribution in [0, 0.1) is 6.92 Å². The van der Waals surface area contributed by atoms with Crippen LogP contribution in [-0.2, 0) is 14.6 Å². The number of hydrogen-bond acceptors (Lipinski definition) is 7. The highest BCUT2D eigenvalue weighted by Crippen LogP contribution is 2.25. The standard InChI is InChI=1S/C20H20N2O5S/c1-4-28(24,25)17-8-6-5-7-16(17)20(23)26-14(3)18-21-22-19(27-18)15-11-9-13(2)10-12-15/h5-12,14H,4H2,1-3H3/t14-/m1/s1. The lowest BCUT2D eigenvalue weighted by Gasteiger charge is -2.12. The Morgan fingerprint density at radius 3 is 2.46 bits per heavy atom. The third kappa shape index (κ3) is 4.12. The summed E-state index contributed by atoms with van der Waals surface area (Å²) in [6.07, 6.45) is -0.836. The van der Waals surface area contributed by atoms with Gasteiger partial charge in [0.2, 0.25) is 5.89 Å². The summed E-state index contributed by atoms with van der Waals surface area (Å²) in [5.41, 5.74) is 1.84. The fraction of sp³-hybridized carbons (Fsp3) is 0.250. The van der Waals surface area contributed by atoms with Gasteiger partial charge in [0, 0.05) is 5.56 Å². The van der Waals surface area contributed by atoms with E-state index in [4.69, 9.17) is 9.15 Å². The molecule has 0 spiro atoms. The van der Waals surface area contributed by atoms with Crippen LogP contribution in [0.2, 0.25) is 0 Å². The van der Waals surface area contributed by atoms with Crippen molar-refractivity contribution in [3.63, 3.8) is 0 Å². The number of benzene rings is 2. The lowest BCUT2D eigenvalue weighted by Crippen LogP contribution is -2.15. The topological polar surface area (TPSA) is 99.4 Å². The lowest BCUT2D eigenvalue weighted by molar-refractivity contribution is 0.0275. The number of carbonyl (C=O) groups is 1. The molecule has 1 aromatic heterocycles. The molecule has 0 bridgehead atoms. The molecule has 8 heteroatoms. The SMILES string of the molecule is CCS(=O)(=O)c1ccccc1C(=O)O[C@H](C)c1nnc(-c2ccc(C)cc2)o1. The molecule has 1 heterocycles. The van der Waals surface area contributed by atoms with Gasteiger partial charge in [-0.1, -0.05) is 36.8 Å². The van der Waals surface area contributed by atoms with Gasteiger partial charge >= 0.3 is 5.97 Å². The second kappa shape index (κ2) is 7.93. The van der Waals surface area contributed by atoms with Crippen LogP contribution < -0.4 is 0 Å². The second-order valence-electron chi connectivity index (χ2n) is 6.26. The maximum Gasteiger partial charge on any atom is 0.340 e. The van der Waals surface area contributed by atoms with Crippen molar-refractivity contribution in [2.24, 2.45) is 0 Å². The molecular weight excluding hydrogens is 380 g/mol. The molecule has 7 nitrogen and oxygen atoms in total. The van der Waals surface area contributed by atoms with Crippen molar-refractivity contribution in [2.45, 2.75) is 31.8 Å². The molecule has 0 unspecified atom stereocenters. The number of aromatic nitrogens is 2. The first-order chi connectivity index (χ1) is 13.3. The molecule has 146 valence electrons. The number of hydrogen-bond donors (Lipinski definition) is 0. The number of sulfone groups is 1. The van der Waals surface area contributed by atoms with Crippen molar-refractivity contribution >= 4 is 15.8 Å². The number of aryl methyl sites for hydroxylation is 1. The number of esters is 1. The van der Waals surface area contributed by atoms with E-state index in [0.717, 1.165) is 11.1 Å². The van der Waals surface area contributed by atoms with Gasteiger partial charge in [0.25, 0.3) is 5.89 Å². The highest BCUT2D eigenvalue weighted by molar-refractivity contribution is 7.91. The summed E-state index contributed by atoms with van der Waals surface area (Å²) in [6.45, 7) is 5.08. The molecule has 0 amide bonds. The van der Waals surface area contributed by atoms with Crippen molar-refractivity contribution in [3.05, 3.63) is 65.5 Å². The average molecular weight is 400 g/mol. The summed E-state index contributed by atoms with van der Waals surface area (Å²) in [6, 6.07) is 13.5. The highest BCUT2D eigenvalue weighted by atomic mass is 32.2. The van der Waals surface area contributed by atoms with Gasteiger partial charge in [0.1, 0.15) is 0 Å². The van der Waals surface area contributed by atoms with E-state index in [1.165, 1.54) is 19.1 Å². The smallest absolute Gasteiger partial charge is 0.340 e. The molecule has 0 aliphatic carbocycles.